The molecule has 0 nitrogen and oxygen atoms in total. The second kappa shape index (κ2) is 18.5. The summed E-state index contributed by atoms with van der Waals surface area (Å²) in [5, 5.41) is 3.35. The fraction of sp³-hybridized carbons (Fsp3) is 1.00. The predicted molar refractivity (Wildman–Crippen MR) is 94.1 cm³/mol. The molecule has 0 saturated carbocycles. The van der Waals surface area contributed by atoms with Gasteiger partial charge < -0.3 is 0 Å². The molecule has 0 heterocycles. The standard InChI is InChI=1S/C18H40Ge/c1-3-5-7-9-11-13-15-17-19-18-16-14-12-10-8-6-4-2/h3-19H2,1-2H3. The van der Waals surface area contributed by atoms with E-state index in [1.54, 1.807) is 23.3 Å². The quantitative estimate of drug-likeness (QED) is 0.224. The third kappa shape index (κ3) is 18.5. The van der Waals surface area contributed by atoms with Crippen LogP contribution in [-0.2, 0) is 0 Å². The van der Waals surface area contributed by atoms with Crippen LogP contribution in [0.2, 0.25) is 10.5 Å². The molecule has 0 rings (SSSR count). The topological polar surface area (TPSA) is 0 Å². The number of rotatable bonds is 16. The maximum atomic E-state index is 2.30. The Morgan fingerprint density at radius 1 is 0.421 bits per heavy atom. The Labute approximate surface area is 130 Å². The first-order chi connectivity index (χ1) is 9.41. The molecule has 0 aliphatic carbocycles. The zero-order valence-electron chi connectivity index (χ0n) is 14.0. The Morgan fingerprint density at radius 2 is 0.737 bits per heavy atom. The van der Waals surface area contributed by atoms with Crippen molar-refractivity contribution in [2.24, 2.45) is 0 Å². The summed E-state index contributed by atoms with van der Waals surface area (Å²) < 4.78 is 0. The van der Waals surface area contributed by atoms with E-state index in [4.69, 9.17) is 0 Å². The molecule has 0 aromatic carbocycles. The SMILES string of the molecule is CCCCCCCC[CH2][GeH2][CH2]CCCCCCCC. The van der Waals surface area contributed by atoms with Gasteiger partial charge in [0.2, 0.25) is 0 Å². The second-order valence-electron chi connectivity index (χ2n) is 6.30. The van der Waals surface area contributed by atoms with Gasteiger partial charge in [-0.15, -0.1) is 0 Å². The van der Waals surface area contributed by atoms with Crippen molar-refractivity contribution < 1.29 is 0 Å². The number of hydrogen-bond donors (Lipinski definition) is 0. The Balaban J connectivity index is 2.88. The van der Waals surface area contributed by atoms with Crippen molar-refractivity contribution in [2.75, 3.05) is 0 Å². The van der Waals surface area contributed by atoms with Gasteiger partial charge in [0.25, 0.3) is 0 Å². The monoisotopic (exact) mass is 330 g/mol. The van der Waals surface area contributed by atoms with E-state index in [1.807, 2.05) is 0 Å². The summed E-state index contributed by atoms with van der Waals surface area (Å²) in [5.74, 6) is 0. The summed E-state index contributed by atoms with van der Waals surface area (Å²) in [4.78, 5) is 0. The molecule has 0 spiro atoms. The van der Waals surface area contributed by atoms with Gasteiger partial charge in [0.1, 0.15) is 0 Å². The van der Waals surface area contributed by atoms with Gasteiger partial charge in [-0.2, -0.15) is 0 Å². The van der Waals surface area contributed by atoms with E-state index in [2.05, 4.69) is 13.8 Å². The summed E-state index contributed by atoms with van der Waals surface area (Å²) in [6.07, 6.45) is 20.9. The van der Waals surface area contributed by atoms with Crippen molar-refractivity contribution in [1.82, 2.24) is 0 Å². The fourth-order valence-electron chi connectivity index (χ4n) is 2.80. The van der Waals surface area contributed by atoms with Crippen molar-refractivity contribution in [3.8, 4) is 0 Å². The van der Waals surface area contributed by atoms with Crippen LogP contribution >= 0.6 is 0 Å². The van der Waals surface area contributed by atoms with E-state index in [0.29, 0.717) is 0 Å². The first kappa shape index (κ1) is 19.5. The van der Waals surface area contributed by atoms with Crippen LogP contribution in [0, 0.1) is 0 Å². The van der Waals surface area contributed by atoms with E-state index in [1.165, 1.54) is 77.0 Å². The molecule has 116 valence electrons. The van der Waals surface area contributed by atoms with Crippen LogP contribution in [0.25, 0.3) is 0 Å². The number of unbranched alkanes of at least 4 members (excludes halogenated alkanes) is 12. The van der Waals surface area contributed by atoms with Gasteiger partial charge in [-0.25, -0.2) is 0 Å². The molecule has 0 saturated heterocycles. The van der Waals surface area contributed by atoms with Gasteiger partial charge in [0, 0.05) is 0 Å². The van der Waals surface area contributed by atoms with Crippen molar-refractivity contribution in [1.29, 1.82) is 0 Å². The average Bonchev–Trinajstić information content (AvgIpc) is 2.43. The van der Waals surface area contributed by atoms with Crippen LogP contribution in [0.1, 0.15) is 104 Å². The Bertz CT molecular complexity index is 129. The normalized spacial score (nSPS) is 11.1. The van der Waals surface area contributed by atoms with Gasteiger partial charge in [-0.1, -0.05) is 0 Å². The molecule has 0 fully saturated rings. The fourth-order valence-corrected chi connectivity index (χ4v) is 6.51. The Hall–Kier alpha value is 0.543. The molecule has 0 aromatic heterocycles. The second-order valence-corrected chi connectivity index (χ2v) is 10.8. The third-order valence-electron chi connectivity index (χ3n) is 4.21. The van der Waals surface area contributed by atoms with Crippen LogP contribution in [0.3, 0.4) is 0 Å². The van der Waals surface area contributed by atoms with E-state index in [0.717, 1.165) is 0 Å². The molecule has 0 N–H and O–H groups in total. The average molecular weight is 329 g/mol. The van der Waals surface area contributed by atoms with Gasteiger partial charge in [-0.3, -0.25) is 0 Å². The third-order valence-corrected chi connectivity index (χ3v) is 8.40. The molecule has 0 aliphatic heterocycles. The molecular weight excluding hydrogens is 289 g/mol. The first-order valence-corrected chi connectivity index (χ1v) is 13.6. The van der Waals surface area contributed by atoms with Crippen LogP contribution in [-0.4, -0.2) is 15.4 Å². The van der Waals surface area contributed by atoms with Crippen LogP contribution < -0.4 is 0 Å². The minimum atomic E-state index is -0.0847. The zero-order valence-corrected chi connectivity index (χ0v) is 17.0. The molecule has 0 bridgehead atoms. The van der Waals surface area contributed by atoms with Crippen molar-refractivity contribution in [3.63, 3.8) is 0 Å². The molecule has 19 heavy (non-hydrogen) atoms. The zero-order chi connectivity index (χ0) is 14.0. The van der Waals surface area contributed by atoms with Crippen molar-refractivity contribution >= 4 is 15.4 Å². The van der Waals surface area contributed by atoms with Crippen molar-refractivity contribution in [2.45, 2.75) is 114 Å². The van der Waals surface area contributed by atoms with Gasteiger partial charge in [0.05, 0.1) is 0 Å². The molecule has 0 aliphatic rings. The van der Waals surface area contributed by atoms with Crippen LogP contribution in [0.5, 0.6) is 0 Å². The van der Waals surface area contributed by atoms with E-state index >= 15 is 0 Å². The Morgan fingerprint density at radius 3 is 1.11 bits per heavy atom. The summed E-state index contributed by atoms with van der Waals surface area (Å²) in [6.45, 7) is 4.61. The summed E-state index contributed by atoms with van der Waals surface area (Å²) in [6, 6.07) is 0. The summed E-state index contributed by atoms with van der Waals surface area (Å²) in [5.41, 5.74) is 0. The molecule has 1 heteroatoms. The number of hydrogen-bond acceptors (Lipinski definition) is 0. The molecule has 0 amide bonds. The predicted octanol–water partition coefficient (Wildman–Crippen LogP) is 6.49. The van der Waals surface area contributed by atoms with Crippen molar-refractivity contribution in [3.05, 3.63) is 0 Å². The van der Waals surface area contributed by atoms with Gasteiger partial charge in [-0.05, 0) is 0 Å². The summed E-state index contributed by atoms with van der Waals surface area (Å²) >= 11 is -0.0847. The molecule has 0 aromatic rings. The molecule has 0 atom stereocenters. The van der Waals surface area contributed by atoms with E-state index < -0.39 is 0 Å². The molecule has 0 unspecified atom stereocenters. The van der Waals surface area contributed by atoms with Crippen LogP contribution in [0.15, 0.2) is 0 Å². The van der Waals surface area contributed by atoms with Gasteiger partial charge >= 0.3 is 130 Å². The summed E-state index contributed by atoms with van der Waals surface area (Å²) in [7, 11) is 0. The van der Waals surface area contributed by atoms with Gasteiger partial charge in [0.15, 0.2) is 0 Å². The molecular formula is C18H40Ge. The molecule has 0 radical (unpaired) electrons. The van der Waals surface area contributed by atoms with Crippen LogP contribution in [0.4, 0.5) is 0 Å². The first-order valence-electron chi connectivity index (χ1n) is 9.41. The maximum absolute atomic E-state index is 2.30. The van der Waals surface area contributed by atoms with E-state index in [9.17, 15) is 0 Å². The minimum absolute atomic E-state index is 0.0847. The van der Waals surface area contributed by atoms with E-state index in [-0.39, 0.29) is 15.4 Å². The Kier molecular flexibility index (Phi) is 19.1.